The molecule has 2 aromatic carbocycles. The number of guanidine groups is 1. The van der Waals surface area contributed by atoms with Crippen LogP contribution in [0.2, 0.25) is 0 Å². The lowest BCUT2D eigenvalue weighted by atomic mass is 9.86. The third kappa shape index (κ3) is 13.2. The first-order chi connectivity index (χ1) is 24.1. The van der Waals surface area contributed by atoms with Gasteiger partial charge in [0.25, 0.3) is 5.91 Å². The molecule has 284 valence electrons. The van der Waals surface area contributed by atoms with E-state index in [9.17, 15) is 23.6 Å². The molecule has 1 atom stereocenters. The normalized spacial score (nSPS) is 12.4. The van der Waals surface area contributed by atoms with Crippen LogP contribution in [-0.4, -0.2) is 77.3 Å². The fourth-order valence-electron chi connectivity index (χ4n) is 4.75. The summed E-state index contributed by atoms with van der Waals surface area (Å²) in [7, 11) is 1.26. The van der Waals surface area contributed by atoms with E-state index < -0.39 is 46.7 Å². The molecule has 0 spiro atoms. The Morgan fingerprint density at radius 1 is 0.865 bits per heavy atom. The molecule has 0 saturated carbocycles. The highest BCUT2D eigenvalue weighted by Gasteiger charge is 2.35. The summed E-state index contributed by atoms with van der Waals surface area (Å²) in [6.07, 6.45) is -0.451. The Morgan fingerprint density at radius 2 is 1.46 bits per heavy atom. The molecule has 3 amide bonds. The lowest BCUT2D eigenvalue weighted by Crippen LogP contribution is -2.49. The number of ether oxygens (including phenoxy) is 4. The summed E-state index contributed by atoms with van der Waals surface area (Å²) in [4.78, 5) is 55.1. The summed E-state index contributed by atoms with van der Waals surface area (Å²) in [6.45, 7) is 16.5. The van der Waals surface area contributed by atoms with Crippen molar-refractivity contribution in [1.82, 2.24) is 25.7 Å². The zero-order chi connectivity index (χ0) is 38.9. The molecule has 0 bridgehead atoms. The van der Waals surface area contributed by atoms with Crippen molar-refractivity contribution in [2.45, 2.75) is 98.9 Å². The van der Waals surface area contributed by atoms with Crippen LogP contribution >= 0.6 is 0 Å². The van der Waals surface area contributed by atoms with E-state index in [1.54, 1.807) is 76.6 Å². The van der Waals surface area contributed by atoms with Crippen LogP contribution in [0.3, 0.4) is 0 Å². The molecule has 3 N–H and O–H groups in total. The van der Waals surface area contributed by atoms with E-state index >= 15 is 0 Å². The number of methoxy groups -OCH3 is 1. The fraction of sp³-hybridized carbons (Fsp3) is 0.514. The van der Waals surface area contributed by atoms with E-state index in [2.05, 4.69) is 26.0 Å². The Hall–Kier alpha value is -5.21. The summed E-state index contributed by atoms with van der Waals surface area (Å²) in [5.74, 6) is -1.09. The quantitative estimate of drug-likeness (QED) is 0.0694. The molecule has 1 heterocycles. The number of hydrogen-bond acceptors (Lipinski definition) is 10. The van der Waals surface area contributed by atoms with Crippen LogP contribution < -0.4 is 20.7 Å². The third-order valence-corrected chi connectivity index (χ3v) is 7.09. The maximum Gasteiger partial charge on any atom is 0.414 e. The average molecular weight is 727 g/mol. The van der Waals surface area contributed by atoms with E-state index in [0.717, 1.165) is 5.56 Å². The van der Waals surface area contributed by atoms with Gasteiger partial charge >= 0.3 is 18.2 Å². The number of aromatic nitrogens is 2. The minimum Gasteiger partial charge on any atom is -0.494 e. The SMILES string of the molecule is COC(=O)C(NC(=O)c1nn(Cc2ccc(F)cc2)c2cc(OCCCCN=C(NC(=O)OC(C)(C)C)NC(=O)OC(C)(C)C)ccc12)C(C)(C)C. The molecule has 0 aliphatic heterocycles. The molecule has 52 heavy (non-hydrogen) atoms. The number of carbonyl (C=O) groups is 4. The zero-order valence-electron chi connectivity index (χ0n) is 31.6. The third-order valence-electron chi connectivity index (χ3n) is 7.09. The predicted molar refractivity (Wildman–Crippen MR) is 194 cm³/mol. The minimum atomic E-state index is -0.925. The Balaban J connectivity index is 1.75. The van der Waals surface area contributed by atoms with Gasteiger partial charge in [0, 0.05) is 18.0 Å². The van der Waals surface area contributed by atoms with Crippen molar-refractivity contribution >= 4 is 40.9 Å². The highest BCUT2D eigenvalue weighted by Crippen LogP contribution is 2.27. The highest BCUT2D eigenvalue weighted by atomic mass is 19.1. The summed E-state index contributed by atoms with van der Waals surface area (Å²) in [5, 5.41) is 12.8. The number of nitrogens with one attached hydrogen (secondary N) is 3. The first-order valence-corrected chi connectivity index (χ1v) is 17.0. The van der Waals surface area contributed by atoms with Crippen molar-refractivity contribution in [2.75, 3.05) is 20.3 Å². The van der Waals surface area contributed by atoms with Gasteiger partial charge in [0.1, 0.15) is 28.8 Å². The molecule has 3 aromatic rings. The first-order valence-electron chi connectivity index (χ1n) is 17.0. The number of rotatable bonds is 11. The Morgan fingerprint density at radius 3 is 2.00 bits per heavy atom. The molecular weight excluding hydrogens is 675 g/mol. The number of aliphatic imine (C=N–C) groups is 1. The lowest BCUT2D eigenvalue weighted by Gasteiger charge is -2.28. The number of carbonyl (C=O) groups excluding carboxylic acids is 4. The van der Waals surface area contributed by atoms with Gasteiger partial charge in [-0.2, -0.15) is 5.10 Å². The summed E-state index contributed by atoms with van der Waals surface area (Å²) >= 11 is 0. The van der Waals surface area contributed by atoms with Gasteiger partial charge in [0.2, 0.25) is 5.96 Å². The molecule has 0 aliphatic carbocycles. The summed E-state index contributed by atoms with van der Waals surface area (Å²) in [5.41, 5.74) is -0.689. The van der Waals surface area contributed by atoms with E-state index in [4.69, 9.17) is 18.9 Å². The second-order valence-corrected chi connectivity index (χ2v) is 15.1. The van der Waals surface area contributed by atoms with Gasteiger partial charge in [-0.05, 0) is 89.6 Å². The maximum absolute atomic E-state index is 13.6. The topological polar surface area (TPSA) is 171 Å². The number of halogens is 1. The number of nitrogens with zero attached hydrogens (tertiary/aromatic N) is 3. The van der Waals surface area contributed by atoms with Gasteiger partial charge in [-0.15, -0.1) is 0 Å². The van der Waals surface area contributed by atoms with E-state index in [-0.39, 0.29) is 30.6 Å². The summed E-state index contributed by atoms with van der Waals surface area (Å²) < 4.78 is 36.7. The number of benzene rings is 2. The van der Waals surface area contributed by atoms with Crippen molar-refractivity contribution in [3.63, 3.8) is 0 Å². The van der Waals surface area contributed by atoms with Crippen LogP contribution in [0, 0.1) is 11.2 Å². The zero-order valence-corrected chi connectivity index (χ0v) is 31.6. The van der Waals surface area contributed by atoms with Crippen LogP contribution in [-0.2, 0) is 25.5 Å². The number of amides is 3. The maximum atomic E-state index is 13.6. The van der Waals surface area contributed by atoms with Gasteiger partial charge in [-0.25, -0.2) is 18.8 Å². The van der Waals surface area contributed by atoms with Crippen molar-refractivity contribution in [3.05, 3.63) is 59.5 Å². The minimum absolute atomic E-state index is 0.107. The molecule has 0 radical (unpaired) electrons. The highest BCUT2D eigenvalue weighted by molar-refractivity contribution is 6.06. The number of alkyl carbamates (subject to hydrolysis) is 2. The molecule has 14 nitrogen and oxygen atoms in total. The van der Waals surface area contributed by atoms with Gasteiger partial charge in [0.15, 0.2) is 5.69 Å². The van der Waals surface area contributed by atoms with Crippen LogP contribution in [0.25, 0.3) is 10.9 Å². The van der Waals surface area contributed by atoms with E-state index in [1.807, 2.05) is 20.8 Å². The van der Waals surface area contributed by atoms with Crippen LogP contribution in [0.15, 0.2) is 47.5 Å². The summed E-state index contributed by atoms with van der Waals surface area (Å²) in [6, 6.07) is 10.2. The van der Waals surface area contributed by atoms with Gasteiger partial charge in [0.05, 0.1) is 25.8 Å². The van der Waals surface area contributed by atoms with Gasteiger partial charge < -0.3 is 24.3 Å². The predicted octanol–water partition coefficient (Wildman–Crippen LogP) is 6.11. The Bertz CT molecular complexity index is 1720. The first kappa shape index (κ1) is 41.2. The largest absolute Gasteiger partial charge is 0.494 e. The van der Waals surface area contributed by atoms with E-state index in [1.165, 1.54) is 19.2 Å². The molecular formula is C37H51FN6O8. The molecule has 0 fully saturated rings. The number of hydrogen-bond donors (Lipinski definition) is 3. The van der Waals surface area contributed by atoms with Crippen molar-refractivity contribution in [1.29, 1.82) is 0 Å². The second-order valence-electron chi connectivity index (χ2n) is 15.1. The van der Waals surface area contributed by atoms with Crippen molar-refractivity contribution < 1.29 is 42.5 Å². The van der Waals surface area contributed by atoms with E-state index in [0.29, 0.717) is 36.1 Å². The molecule has 0 aliphatic rings. The van der Waals surface area contributed by atoms with Crippen molar-refractivity contribution in [3.8, 4) is 5.75 Å². The monoisotopic (exact) mass is 726 g/mol. The number of unbranched alkanes of at least 4 members (excludes halogenated alkanes) is 1. The van der Waals surface area contributed by atoms with Crippen LogP contribution in [0.1, 0.15) is 91.2 Å². The van der Waals surface area contributed by atoms with Crippen molar-refractivity contribution in [2.24, 2.45) is 10.4 Å². The van der Waals surface area contributed by atoms with Gasteiger partial charge in [-0.1, -0.05) is 32.9 Å². The molecule has 0 saturated heterocycles. The number of esters is 1. The Labute approximate surface area is 303 Å². The fourth-order valence-corrected chi connectivity index (χ4v) is 4.75. The van der Waals surface area contributed by atoms with Gasteiger partial charge in [-0.3, -0.25) is 25.1 Å². The lowest BCUT2D eigenvalue weighted by molar-refractivity contribution is -0.145. The van der Waals surface area contributed by atoms with Crippen LogP contribution in [0.4, 0.5) is 14.0 Å². The number of fused-ring (bicyclic) bond motifs is 1. The average Bonchev–Trinajstić information content (AvgIpc) is 3.37. The molecule has 3 rings (SSSR count). The molecule has 1 unspecified atom stereocenters. The Kier molecular flexibility index (Phi) is 13.7. The molecule has 1 aromatic heterocycles. The van der Waals surface area contributed by atoms with Crippen LogP contribution in [0.5, 0.6) is 5.75 Å². The standard InChI is InChI=1S/C37H51FN6O8/c1-35(2,3)29(31(46)49-10)40-30(45)28-26-18-17-25(21-27(26)44(43-28)22-23-13-15-24(38)16-14-23)50-20-12-11-19-39-32(41-33(47)51-36(4,5)6)42-34(48)52-37(7,8)9/h13-18,21,29H,11-12,19-20,22H2,1-10H3,(H,40,45)(H2,39,41,42,47,48). The second kappa shape index (κ2) is 17.3. The smallest absolute Gasteiger partial charge is 0.414 e. The molecule has 15 heteroatoms.